The Morgan fingerprint density at radius 2 is 1.95 bits per heavy atom. The van der Waals surface area contributed by atoms with E-state index in [1.54, 1.807) is 24.3 Å². The molecule has 0 aliphatic heterocycles. The lowest BCUT2D eigenvalue weighted by atomic mass is 10.2. The molecule has 0 spiro atoms. The van der Waals surface area contributed by atoms with Crippen LogP contribution in [0.25, 0.3) is 0 Å². The highest BCUT2D eigenvalue weighted by atomic mass is 32.1. The van der Waals surface area contributed by atoms with Crippen LogP contribution in [0.3, 0.4) is 0 Å². The van der Waals surface area contributed by atoms with Crippen LogP contribution >= 0.6 is 11.3 Å². The van der Waals surface area contributed by atoms with Crippen molar-refractivity contribution in [1.82, 2.24) is 5.32 Å². The SMILES string of the molecule is N#CCC(=O)Nc1ccc(CNC(=O)c2cccs2)cc1. The van der Waals surface area contributed by atoms with Crippen molar-refractivity contribution in [1.29, 1.82) is 5.26 Å². The van der Waals surface area contributed by atoms with Crippen LogP contribution < -0.4 is 10.6 Å². The van der Waals surface area contributed by atoms with Gasteiger partial charge in [-0.3, -0.25) is 9.59 Å². The summed E-state index contributed by atoms with van der Waals surface area (Å²) in [5.41, 5.74) is 1.56. The maximum atomic E-state index is 11.8. The first-order chi connectivity index (χ1) is 10.2. The average Bonchev–Trinajstić information content (AvgIpc) is 3.01. The van der Waals surface area contributed by atoms with Crippen molar-refractivity contribution in [2.45, 2.75) is 13.0 Å². The molecule has 0 atom stereocenters. The number of nitrogens with zero attached hydrogens (tertiary/aromatic N) is 1. The molecule has 0 saturated carbocycles. The molecule has 6 heteroatoms. The second kappa shape index (κ2) is 7.22. The van der Waals surface area contributed by atoms with Crippen molar-refractivity contribution >= 4 is 28.8 Å². The molecule has 0 unspecified atom stereocenters. The Morgan fingerprint density at radius 1 is 1.19 bits per heavy atom. The van der Waals surface area contributed by atoms with E-state index in [1.807, 2.05) is 23.6 Å². The summed E-state index contributed by atoms with van der Waals surface area (Å²) < 4.78 is 0. The summed E-state index contributed by atoms with van der Waals surface area (Å²) in [5.74, 6) is -0.437. The Kier molecular flexibility index (Phi) is 5.07. The maximum Gasteiger partial charge on any atom is 0.261 e. The minimum absolute atomic E-state index is 0.101. The van der Waals surface area contributed by atoms with Gasteiger partial charge in [0.15, 0.2) is 0 Å². The van der Waals surface area contributed by atoms with E-state index in [2.05, 4.69) is 10.6 Å². The monoisotopic (exact) mass is 299 g/mol. The zero-order valence-corrected chi connectivity index (χ0v) is 11.9. The molecule has 0 radical (unpaired) electrons. The fourth-order valence-electron chi connectivity index (χ4n) is 1.66. The van der Waals surface area contributed by atoms with Crippen molar-refractivity contribution in [3.05, 3.63) is 52.2 Å². The number of thiophene rings is 1. The molecule has 2 rings (SSSR count). The molecular weight excluding hydrogens is 286 g/mol. The summed E-state index contributed by atoms with van der Waals surface area (Å²) in [4.78, 5) is 23.7. The first-order valence-electron chi connectivity index (χ1n) is 6.26. The third kappa shape index (κ3) is 4.44. The van der Waals surface area contributed by atoms with Crippen molar-refractivity contribution in [2.24, 2.45) is 0 Å². The molecule has 0 fully saturated rings. The first-order valence-corrected chi connectivity index (χ1v) is 7.14. The van der Waals surface area contributed by atoms with Crippen LogP contribution in [0.4, 0.5) is 5.69 Å². The lowest BCUT2D eigenvalue weighted by molar-refractivity contribution is -0.115. The number of nitriles is 1. The summed E-state index contributed by atoms with van der Waals surface area (Å²) in [7, 11) is 0. The minimum Gasteiger partial charge on any atom is -0.347 e. The third-order valence-electron chi connectivity index (χ3n) is 2.68. The van der Waals surface area contributed by atoms with Gasteiger partial charge >= 0.3 is 0 Å². The molecule has 21 heavy (non-hydrogen) atoms. The number of benzene rings is 1. The fourth-order valence-corrected chi connectivity index (χ4v) is 2.30. The summed E-state index contributed by atoms with van der Waals surface area (Å²) in [5, 5.41) is 15.7. The largest absolute Gasteiger partial charge is 0.347 e. The van der Waals surface area contributed by atoms with E-state index in [4.69, 9.17) is 5.26 Å². The number of amides is 2. The van der Waals surface area contributed by atoms with Crippen LogP contribution in [0.5, 0.6) is 0 Å². The molecule has 2 aromatic rings. The number of hydrogen-bond donors (Lipinski definition) is 2. The molecule has 106 valence electrons. The van der Waals surface area contributed by atoms with Gasteiger partial charge in [0.2, 0.25) is 5.91 Å². The zero-order chi connectivity index (χ0) is 15.1. The maximum absolute atomic E-state index is 11.8. The van der Waals surface area contributed by atoms with Crippen molar-refractivity contribution < 1.29 is 9.59 Å². The molecule has 0 bridgehead atoms. The normalized spacial score (nSPS) is 9.67. The Bertz CT molecular complexity index is 657. The van der Waals surface area contributed by atoms with E-state index in [0.717, 1.165) is 5.56 Å². The fraction of sp³-hybridized carbons (Fsp3) is 0.133. The number of rotatable bonds is 5. The van der Waals surface area contributed by atoms with E-state index in [0.29, 0.717) is 17.1 Å². The molecule has 1 aromatic carbocycles. The molecular formula is C15H13N3O2S. The molecule has 0 saturated heterocycles. The predicted octanol–water partition coefficient (Wildman–Crippen LogP) is 2.53. The number of carbonyl (C=O) groups excluding carboxylic acids is 2. The molecule has 5 nitrogen and oxygen atoms in total. The van der Waals surface area contributed by atoms with Gasteiger partial charge in [-0.05, 0) is 29.1 Å². The van der Waals surface area contributed by atoms with Crippen LogP contribution in [0.2, 0.25) is 0 Å². The highest BCUT2D eigenvalue weighted by Gasteiger charge is 2.06. The van der Waals surface area contributed by atoms with Gasteiger partial charge in [-0.1, -0.05) is 18.2 Å². The second-order valence-corrected chi connectivity index (χ2v) is 5.19. The van der Waals surface area contributed by atoms with Gasteiger partial charge in [0.05, 0.1) is 10.9 Å². The number of hydrogen-bond acceptors (Lipinski definition) is 4. The van der Waals surface area contributed by atoms with Crippen LogP contribution in [-0.4, -0.2) is 11.8 Å². The van der Waals surface area contributed by atoms with Gasteiger partial charge < -0.3 is 10.6 Å². The van der Waals surface area contributed by atoms with Crippen molar-refractivity contribution in [2.75, 3.05) is 5.32 Å². The second-order valence-electron chi connectivity index (χ2n) is 4.24. The van der Waals surface area contributed by atoms with Gasteiger partial charge in [-0.25, -0.2) is 0 Å². The molecule has 0 aliphatic rings. The topological polar surface area (TPSA) is 82.0 Å². The number of nitrogens with one attached hydrogen (secondary N) is 2. The Hall–Kier alpha value is -2.65. The zero-order valence-electron chi connectivity index (χ0n) is 11.1. The number of anilines is 1. The Labute approximate surface area is 126 Å². The van der Waals surface area contributed by atoms with Crippen molar-refractivity contribution in [3.63, 3.8) is 0 Å². The summed E-state index contributed by atoms with van der Waals surface area (Å²) >= 11 is 1.39. The molecule has 2 amide bonds. The van der Waals surface area contributed by atoms with Crippen molar-refractivity contribution in [3.8, 4) is 6.07 Å². The quantitative estimate of drug-likeness (QED) is 0.890. The van der Waals surface area contributed by atoms with Crippen LogP contribution in [0.1, 0.15) is 21.7 Å². The highest BCUT2D eigenvalue weighted by molar-refractivity contribution is 7.12. The minimum atomic E-state index is -0.337. The molecule has 2 N–H and O–H groups in total. The van der Waals surface area contributed by atoms with Gasteiger partial charge in [0.1, 0.15) is 6.42 Å². The van der Waals surface area contributed by atoms with E-state index in [-0.39, 0.29) is 18.2 Å². The Morgan fingerprint density at radius 3 is 2.57 bits per heavy atom. The molecule has 1 heterocycles. The van der Waals surface area contributed by atoms with E-state index in [9.17, 15) is 9.59 Å². The predicted molar refractivity (Wildman–Crippen MR) is 80.8 cm³/mol. The molecule has 1 aromatic heterocycles. The summed E-state index contributed by atoms with van der Waals surface area (Å²) in [6, 6.07) is 12.5. The van der Waals surface area contributed by atoms with E-state index >= 15 is 0 Å². The van der Waals surface area contributed by atoms with Crippen LogP contribution in [0, 0.1) is 11.3 Å². The van der Waals surface area contributed by atoms with Crippen LogP contribution in [-0.2, 0) is 11.3 Å². The average molecular weight is 299 g/mol. The summed E-state index contributed by atoms with van der Waals surface area (Å²) in [6.07, 6.45) is -0.168. The third-order valence-corrected chi connectivity index (χ3v) is 3.54. The number of carbonyl (C=O) groups is 2. The highest BCUT2D eigenvalue weighted by Crippen LogP contribution is 2.11. The van der Waals surface area contributed by atoms with Gasteiger partial charge in [-0.2, -0.15) is 5.26 Å². The van der Waals surface area contributed by atoms with E-state index in [1.165, 1.54) is 11.3 Å². The standard InChI is InChI=1S/C15H13N3O2S/c16-8-7-14(19)18-12-5-3-11(4-6-12)10-17-15(20)13-2-1-9-21-13/h1-6,9H,7,10H2,(H,17,20)(H,18,19). The summed E-state index contributed by atoms with van der Waals surface area (Å²) in [6.45, 7) is 0.420. The van der Waals surface area contributed by atoms with Gasteiger partial charge in [0.25, 0.3) is 5.91 Å². The van der Waals surface area contributed by atoms with Gasteiger partial charge in [0, 0.05) is 12.2 Å². The van der Waals surface area contributed by atoms with Crippen LogP contribution in [0.15, 0.2) is 41.8 Å². The first kappa shape index (κ1) is 14.8. The lowest BCUT2D eigenvalue weighted by Crippen LogP contribution is -2.21. The van der Waals surface area contributed by atoms with E-state index < -0.39 is 0 Å². The van der Waals surface area contributed by atoms with Gasteiger partial charge in [-0.15, -0.1) is 11.3 Å². The smallest absolute Gasteiger partial charge is 0.261 e. The lowest BCUT2D eigenvalue weighted by Gasteiger charge is -2.06. The molecule has 0 aliphatic carbocycles. The Balaban J connectivity index is 1.86.